The van der Waals surface area contributed by atoms with E-state index in [1.165, 1.54) is 11.1 Å². The van der Waals surface area contributed by atoms with Gasteiger partial charge in [0.1, 0.15) is 0 Å². The molecule has 0 saturated carbocycles. The summed E-state index contributed by atoms with van der Waals surface area (Å²) >= 11 is 0. The van der Waals surface area contributed by atoms with Gasteiger partial charge < -0.3 is 14.4 Å². The van der Waals surface area contributed by atoms with Crippen LogP contribution >= 0.6 is 0 Å². The van der Waals surface area contributed by atoms with Crippen LogP contribution in [0.4, 0.5) is 0 Å². The summed E-state index contributed by atoms with van der Waals surface area (Å²) in [6.45, 7) is 2.98. The lowest BCUT2D eigenvalue weighted by molar-refractivity contribution is -0.130. The molecule has 24 heavy (non-hydrogen) atoms. The summed E-state index contributed by atoms with van der Waals surface area (Å²) < 4.78 is 10.7. The summed E-state index contributed by atoms with van der Waals surface area (Å²) in [5, 5.41) is 0. The fourth-order valence-electron chi connectivity index (χ4n) is 2.79. The van der Waals surface area contributed by atoms with Crippen molar-refractivity contribution in [3.05, 3.63) is 59.2 Å². The molecule has 1 aliphatic heterocycles. The van der Waals surface area contributed by atoms with Crippen molar-refractivity contribution in [3.8, 4) is 11.5 Å². The monoisotopic (exact) mass is 325 g/mol. The van der Waals surface area contributed by atoms with E-state index in [0.29, 0.717) is 13.0 Å². The number of amides is 1. The molecule has 4 heteroatoms. The topological polar surface area (TPSA) is 38.8 Å². The highest BCUT2D eigenvalue weighted by Gasteiger charge is 2.15. The molecule has 0 fully saturated rings. The highest BCUT2D eigenvalue weighted by atomic mass is 16.7. The van der Waals surface area contributed by atoms with Gasteiger partial charge in [0.15, 0.2) is 11.5 Å². The fraction of sp³-hybridized carbons (Fsp3) is 0.350. The van der Waals surface area contributed by atoms with Gasteiger partial charge in [-0.15, -0.1) is 0 Å². The fourth-order valence-corrected chi connectivity index (χ4v) is 2.79. The first kappa shape index (κ1) is 16.4. The molecule has 0 saturated heterocycles. The lowest BCUT2D eigenvalue weighted by atomic mass is 10.1. The summed E-state index contributed by atoms with van der Waals surface area (Å²) in [6.07, 6.45) is 2.33. The Hall–Kier alpha value is -2.49. The van der Waals surface area contributed by atoms with E-state index in [-0.39, 0.29) is 12.7 Å². The van der Waals surface area contributed by atoms with Crippen LogP contribution < -0.4 is 9.47 Å². The third-order valence-electron chi connectivity index (χ3n) is 4.34. The van der Waals surface area contributed by atoms with Crippen LogP contribution in [0.15, 0.2) is 42.5 Å². The Kier molecular flexibility index (Phi) is 5.04. The van der Waals surface area contributed by atoms with Crippen LogP contribution in [0.5, 0.6) is 11.5 Å². The van der Waals surface area contributed by atoms with Crippen LogP contribution in [0.2, 0.25) is 0 Å². The average molecular weight is 325 g/mol. The van der Waals surface area contributed by atoms with Gasteiger partial charge in [0.25, 0.3) is 0 Å². The van der Waals surface area contributed by atoms with Crippen molar-refractivity contribution < 1.29 is 14.3 Å². The Bertz CT molecular complexity index is 709. The van der Waals surface area contributed by atoms with E-state index >= 15 is 0 Å². The maximum absolute atomic E-state index is 12.3. The van der Waals surface area contributed by atoms with Crippen LogP contribution in [0.1, 0.15) is 30.0 Å². The molecule has 1 heterocycles. The van der Waals surface area contributed by atoms with Crippen molar-refractivity contribution in [3.63, 3.8) is 0 Å². The molecule has 3 rings (SSSR count). The van der Waals surface area contributed by atoms with Crippen LogP contribution in [0, 0.1) is 0 Å². The number of rotatable bonds is 6. The molecule has 0 atom stereocenters. The molecule has 2 aromatic carbocycles. The van der Waals surface area contributed by atoms with Gasteiger partial charge in [-0.25, -0.2) is 0 Å². The van der Waals surface area contributed by atoms with Gasteiger partial charge in [-0.2, -0.15) is 0 Å². The maximum atomic E-state index is 12.3. The van der Waals surface area contributed by atoms with Crippen LogP contribution in [0.25, 0.3) is 0 Å². The lowest BCUT2D eigenvalue weighted by Gasteiger charge is -2.17. The van der Waals surface area contributed by atoms with E-state index in [0.717, 1.165) is 29.9 Å². The van der Waals surface area contributed by atoms with Gasteiger partial charge in [-0.1, -0.05) is 37.3 Å². The van der Waals surface area contributed by atoms with Crippen molar-refractivity contribution in [1.82, 2.24) is 4.90 Å². The average Bonchev–Trinajstić information content (AvgIpc) is 3.07. The van der Waals surface area contributed by atoms with Crippen molar-refractivity contribution in [2.75, 3.05) is 13.8 Å². The first-order valence-corrected chi connectivity index (χ1v) is 8.36. The van der Waals surface area contributed by atoms with E-state index in [1.807, 2.05) is 25.2 Å². The minimum atomic E-state index is 0.146. The van der Waals surface area contributed by atoms with E-state index in [9.17, 15) is 4.79 Å². The summed E-state index contributed by atoms with van der Waals surface area (Å²) in [5.74, 6) is 1.67. The number of fused-ring (bicyclic) bond motifs is 1. The van der Waals surface area contributed by atoms with Gasteiger partial charge in [0.05, 0.1) is 0 Å². The van der Waals surface area contributed by atoms with Crippen LogP contribution in [0.3, 0.4) is 0 Å². The zero-order valence-electron chi connectivity index (χ0n) is 14.2. The van der Waals surface area contributed by atoms with Crippen molar-refractivity contribution in [2.24, 2.45) is 0 Å². The van der Waals surface area contributed by atoms with E-state index in [2.05, 4.69) is 31.2 Å². The molecular formula is C20H23NO3. The zero-order chi connectivity index (χ0) is 16.9. The highest BCUT2D eigenvalue weighted by Crippen LogP contribution is 2.32. The molecule has 4 nitrogen and oxygen atoms in total. The molecule has 0 spiro atoms. The predicted octanol–water partition coefficient (Wildman–Crippen LogP) is 3.57. The molecule has 0 aromatic heterocycles. The molecule has 1 amide bonds. The minimum absolute atomic E-state index is 0.146. The molecule has 126 valence electrons. The summed E-state index contributed by atoms with van der Waals surface area (Å²) in [5.41, 5.74) is 3.57. The Morgan fingerprint density at radius 3 is 2.42 bits per heavy atom. The van der Waals surface area contributed by atoms with Crippen molar-refractivity contribution in [2.45, 2.75) is 32.7 Å². The van der Waals surface area contributed by atoms with Crippen molar-refractivity contribution in [1.29, 1.82) is 0 Å². The summed E-state index contributed by atoms with van der Waals surface area (Å²) in [6, 6.07) is 14.3. The van der Waals surface area contributed by atoms with Crippen LogP contribution in [-0.4, -0.2) is 24.6 Å². The molecule has 0 bridgehead atoms. The first-order valence-electron chi connectivity index (χ1n) is 8.36. The number of aryl methyl sites for hydroxylation is 2. The predicted molar refractivity (Wildman–Crippen MR) is 93.2 cm³/mol. The molecule has 0 unspecified atom stereocenters. The number of carbonyl (C=O) groups is 1. The summed E-state index contributed by atoms with van der Waals surface area (Å²) in [7, 11) is 1.84. The maximum Gasteiger partial charge on any atom is 0.231 e. The molecule has 2 aromatic rings. The SMILES string of the molecule is CCc1ccc(CCC(=O)N(C)Cc2ccc3c(c2)OCO3)cc1. The number of hydrogen-bond donors (Lipinski definition) is 0. The third kappa shape index (κ3) is 3.88. The lowest BCUT2D eigenvalue weighted by Crippen LogP contribution is -2.26. The largest absolute Gasteiger partial charge is 0.454 e. The second kappa shape index (κ2) is 7.39. The Balaban J connectivity index is 1.52. The van der Waals surface area contributed by atoms with Crippen molar-refractivity contribution >= 4 is 5.91 Å². The van der Waals surface area contributed by atoms with Gasteiger partial charge in [0, 0.05) is 20.0 Å². The molecule has 0 N–H and O–H groups in total. The Morgan fingerprint density at radius 1 is 1.00 bits per heavy atom. The third-order valence-corrected chi connectivity index (χ3v) is 4.34. The second-order valence-electron chi connectivity index (χ2n) is 6.11. The number of carbonyl (C=O) groups excluding carboxylic acids is 1. The number of benzene rings is 2. The molecule has 0 radical (unpaired) electrons. The quantitative estimate of drug-likeness (QED) is 0.815. The van der Waals surface area contributed by atoms with Crippen LogP contribution in [-0.2, 0) is 24.2 Å². The Labute approximate surface area is 143 Å². The van der Waals surface area contributed by atoms with E-state index < -0.39 is 0 Å². The first-order chi connectivity index (χ1) is 11.7. The normalized spacial score (nSPS) is 12.2. The highest BCUT2D eigenvalue weighted by molar-refractivity contribution is 5.76. The molecule has 0 aliphatic carbocycles. The van der Waals surface area contributed by atoms with E-state index in [4.69, 9.17) is 9.47 Å². The van der Waals surface area contributed by atoms with Gasteiger partial charge >= 0.3 is 0 Å². The number of hydrogen-bond acceptors (Lipinski definition) is 3. The summed E-state index contributed by atoms with van der Waals surface area (Å²) in [4.78, 5) is 14.1. The molecular weight excluding hydrogens is 302 g/mol. The smallest absolute Gasteiger partial charge is 0.231 e. The molecule has 1 aliphatic rings. The minimum Gasteiger partial charge on any atom is -0.454 e. The van der Waals surface area contributed by atoms with E-state index in [1.54, 1.807) is 4.90 Å². The number of ether oxygens (including phenoxy) is 2. The standard InChI is InChI=1S/C20H23NO3/c1-3-15-4-6-16(7-5-15)9-11-20(22)21(2)13-17-8-10-18-19(12-17)24-14-23-18/h4-8,10,12H,3,9,11,13-14H2,1-2H3. The van der Waals surface area contributed by atoms with Gasteiger partial charge in [0.2, 0.25) is 12.7 Å². The second-order valence-corrected chi connectivity index (χ2v) is 6.11. The zero-order valence-corrected chi connectivity index (χ0v) is 14.2. The van der Waals surface area contributed by atoms with Gasteiger partial charge in [-0.05, 0) is 41.7 Å². The number of nitrogens with zero attached hydrogens (tertiary/aromatic N) is 1. The Morgan fingerprint density at radius 2 is 1.67 bits per heavy atom. The van der Waals surface area contributed by atoms with Gasteiger partial charge in [-0.3, -0.25) is 4.79 Å².